The number of carbonyl (C=O) groups excluding carboxylic acids is 1. The predicted octanol–water partition coefficient (Wildman–Crippen LogP) is -0.268. The number of nitrogens with zero attached hydrogens (tertiary/aromatic N) is 2. The number of amides is 1. The Kier molecular flexibility index (Phi) is 2.87. The quantitative estimate of drug-likeness (QED) is 0.741. The minimum atomic E-state index is -0.446. The third kappa shape index (κ3) is 2.02. The highest BCUT2D eigenvalue weighted by Crippen LogP contribution is 2.31. The van der Waals surface area contributed by atoms with Crippen molar-refractivity contribution in [3.8, 4) is 0 Å². The molecule has 1 aliphatic rings. The summed E-state index contributed by atoms with van der Waals surface area (Å²) in [5.74, 6) is 0.396. The van der Waals surface area contributed by atoms with Gasteiger partial charge < -0.3 is 15.2 Å². The number of aromatic nitrogens is 2. The van der Waals surface area contributed by atoms with E-state index in [1.54, 1.807) is 13.2 Å². The molecule has 0 spiro atoms. The molecule has 92 valence electrons. The van der Waals surface area contributed by atoms with Gasteiger partial charge in [-0.05, 0) is 13.3 Å². The highest BCUT2D eigenvalue weighted by Gasteiger charge is 2.40. The molecule has 1 unspecified atom stereocenters. The van der Waals surface area contributed by atoms with Crippen LogP contribution in [0, 0.1) is 5.41 Å². The zero-order chi connectivity index (χ0) is 12.5. The Hall–Kier alpha value is -1.85. The molecule has 0 saturated carbocycles. The molecule has 1 aliphatic heterocycles. The summed E-state index contributed by atoms with van der Waals surface area (Å²) in [5.41, 5.74) is -0.660. The summed E-state index contributed by atoms with van der Waals surface area (Å²) >= 11 is 0. The highest BCUT2D eigenvalue weighted by atomic mass is 16.2. The van der Waals surface area contributed by atoms with Crippen LogP contribution in [0.5, 0.6) is 0 Å². The van der Waals surface area contributed by atoms with Gasteiger partial charge in [0.05, 0.1) is 5.41 Å². The van der Waals surface area contributed by atoms with Crippen molar-refractivity contribution in [3.05, 3.63) is 22.7 Å². The van der Waals surface area contributed by atoms with E-state index in [4.69, 9.17) is 0 Å². The first-order valence-electron chi connectivity index (χ1n) is 5.58. The van der Waals surface area contributed by atoms with E-state index in [1.807, 2.05) is 11.8 Å². The molecule has 0 bridgehead atoms. The van der Waals surface area contributed by atoms with Gasteiger partial charge in [0.25, 0.3) is 5.56 Å². The standard InChI is InChI=1S/C11H16N4O2/c1-11(10(17)12-2)3-6-15(7-11)8-9(16)14-5-4-13-8/h4-5H,3,6-7H2,1-2H3,(H,12,17)(H,14,16). The number of aromatic amines is 1. The zero-order valence-corrected chi connectivity index (χ0v) is 9.99. The van der Waals surface area contributed by atoms with Crippen LogP contribution in [0.25, 0.3) is 0 Å². The van der Waals surface area contributed by atoms with Crippen LogP contribution in [0.3, 0.4) is 0 Å². The first-order valence-corrected chi connectivity index (χ1v) is 5.58. The van der Waals surface area contributed by atoms with Gasteiger partial charge in [-0.3, -0.25) is 9.59 Å². The lowest BCUT2D eigenvalue weighted by atomic mass is 9.89. The average molecular weight is 236 g/mol. The van der Waals surface area contributed by atoms with Gasteiger partial charge in [-0.2, -0.15) is 0 Å². The third-order valence-electron chi connectivity index (χ3n) is 3.24. The van der Waals surface area contributed by atoms with E-state index in [2.05, 4.69) is 15.3 Å². The lowest BCUT2D eigenvalue weighted by Crippen LogP contribution is -2.40. The Morgan fingerprint density at radius 1 is 1.65 bits per heavy atom. The molecule has 6 nitrogen and oxygen atoms in total. The number of anilines is 1. The van der Waals surface area contributed by atoms with Gasteiger partial charge in [-0.25, -0.2) is 4.98 Å². The summed E-state index contributed by atoms with van der Waals surface area (Å²) in [5, 5.41) is 2.66. The van der Waals surface area contributed by atoms with Gasteiger partial charge in [0, 0.05) is 32.5 Å². The fourth-order valence-electron chi connectivity index (χ4n) is 2.20. The predicted molar refractivity (Wildman–Crippen MR) is 63.9 cm³/mol. The smallest absolute Gasteiger partial charge is 0.290 e. The van der Waals surface area contributed by atoms with Gasteiger partial charge in [-0.15, -0.1) is 0 Å². The van der Waals surface area contributed by atoms with E-state index in [1.165, 1.54) is 6.20 Å². The van der Waals surface area contributed by atoms with Crippen molar-refractivity contribution in [2.75, 3.05) is 25.0 Å². The van der Waals surface area contributed by atoms with E-state index in [0.29, 0.717) is 18.9 Å². The van der Waals surface area contributed by atoms with Crippen molar-refractivity contribution in [1.29, 1.82) is 0 Å². The van der Waals surface area contributed by atoms with E-state index in [0.717, 1.165) is 6.42 Å². The Morgan fingerprint density at radius 3 is 3.06 bits per heavy atom. The maximum Gasteiger partial charge on any atom is 0.290 e. The lowest BCUT2D eigenvalue weighted by molar-refractivity contribution is -0.128. The van der Waals surface area contributed by atoms with E-state index in [-0.39, 0.29) is 11.5 Å². The lowest BCUT2D eigenvalue weighted by Gasteiger charge is -2.22. The number of hydrogen-bond acceptors (Lipinski definition) is 4. The molecule has 2 heterocycles. The molecule has 1 aromatic heterocycles. The second kappa shape index (κ2) is 4.20. The van der Waals surface area contributed by atoms with E-state index in [9.17, 15) is 9.59 Å². The fraction of sp³-hybridized carbons (Fsp3) is 0.545. The normalized spacial score (nSPS) is 23.8. The molecule has 1 fully saturated rings. The Bertz CT molecular complexity index is 484. The third-order valence-corrected chi connectivity index (χ3v) is 3.24. The maximum absolute atomic E-state index is 11.8. The van der Waals surface area contributed by atoms with E-state index < -0.39 is 5.41 Å². The van der Waals surface area contributed by atoms with Crippen LogP contribution in [0.2, 0.25) is 0 Å². The Morgan fingerprint density at radius 2 is 2.41 bits per heavy atom. The fourth-order valence-corrected chi connectivity index (χ4v) is 2.20. The number of rotatable bonds is 2. The summed E-state index contributed by atoms with van der Waals surface area (Å²) in [4.78, 5) is 31.9. The van der Waals surface area contributed by atoms with Crippen molar-refractivity contribution in [3.63, 3.8) is 0 Å². The van der Waals surface area contributed by atoms with Crippen molar-refractivity contribution in [2.24, 2.45) is 5.41 Å². The van der Waals surface area contributed by atoms with Gasteiger partial charge in [0.2, 0.25) is 5.91 Å². The molecule has 0 aliphatic carbocycles. The first kappa shape index (κ1) is 11.6. The monoisotopic (exact) mass is 236 g/mol. The van der Waals surface area contributed by atoms with Crippen molar-refractivity contribution in [1.82, 2.24) is 15.3 Å². The number of hydrogen-bond donors (Lipinski definition) is 2. The second-order valence-corrected chi connectivity index (χ2v) is 4.55. The molecule has 1 aromatic rings. The van der Waals surface area contributed by atoms with Gasteiger partial charge >= 0.3 is 0 Å². The maximum atomic E-state index is 11.8. The Labute approximate surface area is 99.1 Å². The van der Waals surface area contributed by atoms with Crippen LogP contribution in [-0.2, 0) is 4.79 Å². The molecule has 0 radical (unpaired) electrons. The van der Waals surface area contributed by atoms with E-state index >= 15 is 0 Å². The van der Waals surface area contributed by atoms with Crippen LogP contribution in [0.15, 0.2) is 17.2 Å². The van der Waals surface area contributed by atoms with Crippen LogP contribution in [-0.4, -0.2) is 36.0 Å². The van der Waals surface area contributed by atoms with Gasteiger partial charge in [0.1, 0.15) is 0 Å². The van der Waals surface area contributed by atoms with Crippen LogP contribution < -0.4 is 15.8 Å². The molecular weight excluding hydrogens is 220 g/mol. The van der Waals surface area contributed by atoms with Gasteiger partial charge in [-0.1, -0.05) is 0 Å². The summed E-state index contributed by atoms with van der Waals surface area (Å²) in [6, 6.07) is 0. The summed E-state index contributed by atoms with van der Waals surface area (Å²) < 4.78 is 0. The van der Waals surface area contributed by atoms with Crippen molar-refractivity contribution in [2.45, 2.75) is 13.3 Å². The summed E-state index contributed by atoms with van der Waals surface area (Å²) in [6.45, 7) is 3.10. The molecule has 17 heavy (non-hydrogen) atoms. The highest BCUT2D eigenvalue weighted by molar-refractivity contribution is 5.83. The molecule has 2 rings (SSSR count). The number of H-pyrrole nitrogens is 1. The minimum Gasteiger partial charge on any atom is -0.359 e. The SMILES string of the molecule is CNC(=O)C1(C)CCN(c2ncc[nH]c2=O)C1. The van der Waals surface area contributed by atoms with Crippen LogP contribution >= 0.6 is 0 Å². The largest absolute Gasteiger partial charge is 0.359 e. The molecule has 1 amide bonds. The van der Waals surface area contributed by atoms with Crippen molar-refractivity contribution < 1.29 is 4.79 Å². The molecule has 6 heteroatoms. The molecule has 1 atom stereocenters. The molecule has 1 saturated heterocycles. The summed E-state index contributed by atoms with van der Waals surface area (Å²) in [6.07, 6.45) is 3.77. The van der Waals surface area contributed by atoms with Crippen LogP contribution in [0.4, 0.5) is 5.82 Å². The summed E-state index contributed by atoms with van der Waals surface area (Å²) in [7, 11) is 1.63. The topological polar surface area (TPSA) is 78.1 Å². The second-order valence-electron chi connectivity index (χ2n) is 4.55. The minimum absolute atomic E-state index is 0.00681. The van der Waals surface area contributed by atoms with Crippen molar-refractivity contribution >= 4 is 11.7 Å². The number of carbonyl (C=O) groups is 1. The molecular formula is C11H16N4O2. The molecule has 2 N–H and O–H groups in total. The average Bonchev–Trinajstić information content (AvgIpc) is 2.72. The van der Waals surface area contributed by atoms with Gasteiger partial charge in [0.15, 0.2) is 5.82 Å². The van der Waals surface area contributed by atoms with Crippen LogP contribution in [0.1, 0.15) is 13.3 Å². The molecule has 0 aromatic carbocycles. The first-order chi connectivity index (χ1) is 8.07. The zero-order valence-electron chi connectivity index (χ0n) is 9.99. The number of nitrogens with one attached hydrogen (secondary N) is 2. The Balaban J connectivity index is 2.21.